The fraction of sp³-hybridized carbons (Fsp3) is 0.538. The average molecular weight is 245 g/mol. The second-order valence-corrected chi connectivity index (χ2v) is 4.88. The molecular formula is C13H18ClFO. The summed E-state index contributed by atoms with van der Waals surface area (Å²) in [6.07, 6.45) is 1.67. The third kappa shape index (κ3) is 3.76. The minimum atomic E-state index is -0.799. The lowest BCUT2D eigenvalue weighted by Gasteiger charge is -2.14. The normalized spacial score (nSPS) is 13.1. The van der Waals surface area contributed by atoms with Crippen LogP contribution in [0.3, 0.4) is 0 Å². The first-order valence-corrected chi connectivity index (χ1v) is 6.02. The van der Waals surface area contributed by atoms with Crippen LogP contribution >= 0.6 is 11.6 Å². The summed E-state index contributed by atoms with van der Waals surface area (Å²) in [5.41, 5.74) is 0.230. The molecule has 3 heteroatoms. The van der Waals surface area contributed by atoms with Gasteiger partial charge in [-0.3, -0.25) is 0 Å². The minimum Gasteiger partial charge on any atom is -0.388 e. The van der Waals surface area contributed by atoms with E-state index in [2.05, 4.69) is 13.8 Å². The van der Waals surface area contributed by atoms with Crippen LogP contribution < -0.4 is 0 Å². The van der Waals surface area contributed by atoms with E-state index in [0.29, 0.717) is 17.4 Å². The molecule has 0 bridgehead atoms. The molecule has 0 aromatic heterocycles. The predicted molar refractivity (Wildman–Crippen MR) is 65.1 cm³/mol. The van der Waals surface area contributed by atoms with E-state index in [0.717, 1.165) is 12.8 Å². The Morgan fingerprint density at radius 1 is 1.31 bits per heavy atom. The molecule has 1 unspecified atom stereocenters. The van der Waals surface area contributed by atoms with Gasteiger partial charge >= 0.3 is 0 Å². The first-order valence-electron chi connectivity index (χ1n) is 5.64. The number of benzene rings is 1. The Hall–Kier alpha value is -0.600. The monoisotopic (exact) mass is 244 g/mol. The summed E-state index contributed by atoms with van der Waals surface area (Å²) in [5, 5.41) is 10.2. The van der Waals surface area contributed by atoms with Crippen molar-refractivity contribution in [2.24, 2.45) is 5.92 Å². The van der Waals surface area contributed by atoms with Gasteiger partial charge < -0.3 is 5.11 Å². The van der Waals surface area contributed by atoms with Gasteiger partial charge in [0.2, 0.25) is 0 Å². The van der Waals surface area contributed by atoms with Crippen LogP contribution in [0.4, 0.5) is 4.39 Å². The Morgan fingerprint density at radius 2 is 2.00 bits per heavy atom. The molecule has 0 aliphatic heterocycles. The molecule has 1 N–H and O–H groups in total. The molecule has 0 aliphatic rings. The van der Waals surface area contributed by atoms with Crippen molar-refractivity contribution in [1.82, 2.24) is 0 Å². The number of hydrogen-bond donors (Lipinski definition) is 1. The van der Waals surface area contributed by atoms with Crippen molar-refractivity contribution in [1.29, 1.82) is 0 Å². The van der Waals surface area contributed by atoms with Crippen LogP contribution in [-0.4, -0.2) is 5.11 Å². The van der Waals surface area contributed by atoms with E-state index in [4.69, 9.17) is 11.6 Å². The largest absolute Gasteiger partial charge is 0.388 e. The molecule has 0 spiro atoms. The van der Waals surface area contributed by atoms with Crippen molar-refractivity contribution < 1.29 is 9.50 Å². The highest BCUT2D eigenvalue weighted by atomic mass is 35.5. The van der Waals surface area contributed by atoms with Gasteiger partial charge in [0.1, 0.15) is 5.82 Å². The van der Waals surface area contributed by atoms with Crippen LogP contribution in [0.5, 0.6) is 0 Å². The summed E-state index contributed by atoms with van der Waals surface area (Å²) in [5.74, 6) is 0.174. The standard InChI is InChI=1S/C13H18ClFO/c1-9(2)5-3-8-12(16)13-10(14)6-4-7-11(13)15/h4,6-7,9,12,16H,3,5,8H2,1-2H3. The Balaban J connectivity index is 2.62. The molecular weight excluding hydrogens is 227 g/mol. The summed E-state index contributed by atoms with van der Waals surface area (Å²) in [6.45, 7) is 4.25. The first kappa shape index (κ1) is 13.5. The maximum absolute atomic E-state index is 13.4. The van der Waals surface area contributed by atoms with Crippen LogP contribution in [0.2, 0.25) is 5.02 Å². The van der Waals surface area contributed by atoms with Crippen LogP contribution in [0.1, 0.15) is 44.8 Å². The van der Waals surface area contributed by atoms with Crippen molar-refractivity contribution in [2.45, 2.75) is 39.2 Å². The van der Waals surface area contributed by atoms with E-state index in [1.807, 2.05) is 0 Å². The SMILES string of the molecule is CC(C)CCCC(O)c1c(F)cccc1Cl. The van der Waals surface area contributed by atoms with Crippen molar-refractivity contribution >= 4 is 11.6 Å². The van der Waals surface area contributed by atoms with Crippen molar-refractivity contribution in [3.8, 4) is 0 Å². The molecule has 0 aliphatic carbocycles. The van der Waals surface area contributed by atoms with E-state index >= 15 is 0 Å². The van der Waals surface area contributed by atoms with Gasteiger partial charge in [-0.2, -0.15) is 0 Å². The molecule has 16 heavy (non-hydrogen) atoms. The van der Waals surface area contributed by atoms with Crippen LogP contribution in [0.15, 0.2) is 18.2 Å². The molecule has 1 atom stereocenters. The van der Waals surface area contributed by atoms with Gasteiger partial charge in [-0.1, -0.05) is 44.4 Å². The molecule has 1 aromatic carbocycles. The third-order valence-corrected chi connectivity index (χ3v) is 2.92. The van der Waals surface area contributed by atoms with Gasteiger partial charge in [0, 0.05) is 10.6 Å². The zero-order valence-corrected chi connectivity index (χ0v) is 10.5. The van der Waals surface area contributed by atoms with Crippen LogP contribution in [-0.2, 0) is 0 Å². The number of aliphatic hydroxyl groups excluding tert-OH is 1. The highest BCUT2D eigenvalue weighted by molar-refractivity contribution is 6.31. The number of halogens is 2. The molecule has 0 fully saturated rings. The smallest absolute Gasteiger partial charge is 0.130 e. The second-order valence-electron chi connectivity index (χ2n) is 4.48. The van der Waals surface area contributed by atoms with Gasteiger partial charge in [0.25, 0.3) is 0 Å². The maximum Gasteiger partial charge on any atom is 0.130 e. The second kappa shape index (κ2) is 6.21. The van der Waals surface area contributed by atoms with E-state index in [1.165, 1.54) is 6.07 Å². The van der Waals surface area contributed by atoms with Gasteiger partial charge in [-0.25, -0.2) is 4.39 Å². The molecule has 0 saturated heterocycles. The van der Waals surface area contributed by atoms with Crippen LogP contribution in [0.25, 0.3) is 0 Å². The number of hydrogen-bond acceptors (Lipinski definition) is 1. The predicted octanol–water partition coefficient (Wildman–Crippen LogP) is 4.34. The van der Waals surface area contributed by atoms with E-state index in [-0.39, 0.29) is 5.56 Å². The van der Waals surface area contributed by atoms with E-state index < -0.39 is 11.9 Å². The zero-order valence-electron chi connectivity index (χ0n) is 9.71. The summed E-state index contributed by atoms with van der Waals surface area (Å²) in [7, 11) is 0. The number of rotatable bonds is 5. The van der Waals surface area contributed by atoms with Crippen molar-refractivity contribution in [3.63, 3.8) is 0 Å². The zero-order chi connectivity index (χ0) is 12.1. The Morgan fingerprint density at radius 3 is 2.56 bits per heavy atom. The van der Waals surface area contributed by atoms with E-state index in [9.17, 15) is 9.50 Å². The molecule has 1 aromatic rings. The van der Waals surface area contributed by atoms with Crippen molar-refractivity contribution in [3.05, 3.63) is 34.6 Å². The average Bonchev–Trinajstić information content (AvgIpc) is 2.16. The summed E-state index contributed by atoms with van der Waals surface area (Å²) in [6, 6.07) is 4.47. The van der Waals surface area contributed by atoms with Gasteiger partial charge in [0.15, 0.2) is 0 Å². The fourth-order valence-corrected chi connectivity index (χ4v) is 1.98. The molecule has 90 valence electrons. The molecule has 0 heterocycles. The first-order chi connectivity index (χ1) is 7.52. The van der Waals surface area contributed by atoms with Gasteiger partial charge in [-0.05, 0) is 24.5 Å². The summed E-state index contributed by atoms with van der Waals surface area (Å²) in [4.78, 5) is 0. The molecule has 0 saturated carbocycles. The van der Waals surface area contributed by atoms with Crippen molar-refractivity contribution in [2.75, 3.05) is 0 Å². The lowest BCUT2D eigenvalue weighted by molar-refractivity contribution is 0.157. The molecule has 0 radical (unpaired) electrons. The van der Waals surface area contributed by atoms with Gasteiger partial charge in [0.05, 0.1) is 6.10 Å². The minimum absolute atomic E-state index is 0.230. The lowest BCUT2D eigenvalue weighted by atomic mass is 10.00. The molecule has 1 rings (SSSR count). The lowest BCUT2D eigenvalue weighted by Crippen LogP contribution is -2.02. The van der Waals surface area contributed by atoms with Gasteiger partial charge in [-0.15, -0.1) is 0 Å². The van der Waals surface area contributed by atoms with E-state index in [1.54, 1.807) is 12.1 Å². The highest BCUT2D eigenvalue weighted by Crippen LogP contribution is 2.29. The topological polar surface area (TPSA) is 20.2 Å². The Labute approximate surface area is 101 Å². The quantitative estimate of drug-likeness (QED) is 0.817. The highest BCUT2D eigenvalue weighted by Gasteiger charge is 2.16. The van der Waals surface area contributed by atoms with Crippen LogP contribution in [0, 0.1) is 11.7 Å². The Kier molecular flexibility index (Phi) is 5.23. The molecule has 0 amide bonds. The fourth-order valence-electron chi connectivity index (χ4n) is 1.69. The summed E-state index contributed by atoms with van der Waals surface area (Å²) >= 11 is 5.87. The Bertz CT molecular complexity index is 318. The third-order valence-electron chi connectivity index (χ3n) is 2.59. The maximum atomic E-state index is 13.4. The molecule has 1 nitrogen and oxygen atoms in total. The summed E-state index contributed by atoms with van der Waals surface area (Å²) < 4.78 is 13.4. The number of aliphatic hydroxyl groups is 1.